The molecule has 0 atom stereocenters. The van der Waals surface area contributed by atoms with Crippen LogP contribution < -0.4 is 5.32 Å². The summed E-state index contributed by atoms with van der Waals surface area (Å²) in [5.41, 5.74) is 6.51. The number of halogens is 1. The maximum Gasteiger partial charge on any atom is 0.181 e. The molecule has 0 bridgehead atoms. The van der Waals surface area contributed by atoms with Gasteiger partial charge in [-0.3, -0.25) is 5.10 Å². The quantitative estimate of drug-likeness (QED) is 0.399. The molecule has 0 radical (unpaired) electrons. The van der Waals surface area contributed by atoms with Gasteiger partial charge in [0.25, 0.3) is 0 Å². The molecular formula is C24H21FN6. The molecule has 5 heterocycles. The fourth-order valence-corrected chi connectivity index (χ4v) is 4.54. The molecule has 0 unspecified atom stereocenters. The molecule has 5 aromatic rings. The van der Waals surface area contributed by atoms with Gasteiger partial charge in [0, 0.05) is 23.2 Å². The van der Waals surface area contributed by atoms with Crippen molar-refractivity contribution in [1.29, 1.82) is 0 Å². The zero-order chi connectivity index (χ0) is 20.8. The minimum absolute atomic E-state index is 0.246. The van der Waals surface area contributed by atoms with Gasteiger partial charge in [0.1, 0.15) is 11.5 Å². The van der Waals surface area contributed by atoms with Gasteiger partial charge < -0.3 is 10.3 Å². The Kier molecular flexibility index (Phi) is 4.28. The van der Waals surface area contributed by atoms with Crippen LogP contribution in [-0.2, 0) is 0 Å². The predicted molar refractivity (Wildman–Crippen MR) is 119 cm³/mol. The number of fused-ring (bicyclic) bond motifs is 2. The van der Waals surface area contributed by atoms with Gasteiger partial charge in [-0.2, -0.15) is 5.10 Å². The van der Waals surface area contributed by atoms with Crippen LogP contribution in [0.4, 0.5) is 4.39 Å². The van der Waals surface area contributed by atoms with Crippen LogP contribution in [0.2, 0.25) is 0 Å². The van der Waals surface area contributed by atoms with Gasteiger partial charge >= 0.3 is 0 Å². The van der Waals surface area contributed by atoms with E-state index in [1.807, 2.05) is 12.3 Å². The summed E-state index contributed by atoms with van der Waals surface area (Å²) in [5, 5.41) is 13.0. The van der Waals surface area contributed by atoms with Crippen molar-refractivity contribution >= 4 is 22.1 Å². The second-order valence-electron chi connectivity index (χ2n) is 8.07. The molecule has 3 N–H and O–H groups in total. The third-order valence-corrected chi connectivity index (χ3v) is 6.20. The minimum Gasteiger partial charge on any atom is -0.338 e. The average molecular weight is 412 g/mol. The summed E-state index contributed by atoms with van der Waals surface area (Å²) in [6.45, 7) is 2.08. The summed E-state index contributed by atoms with van der Waals surface area (Å²) < 4.78 is 13.4. The van der Waals surface area contributed by atoms with Crippen molar-refractivity contribution in [1.82, 2.24) is 30.5 Å². The number of nitrogens with one attached hydrogen (secondary N) is 3. The molecule has 1 fully saturated rings. The molecule has 4 aromatic heterocycles. The van der Waals surface area contributed by atoms with Crippen LogP contribution in [-0.4, -0.2) is 38.2 Å². The highest BCUT2D eigenvalue weighted by Gasteiger charge is 2.19. The molecule has 0 amide bonds. The molecule has 1 aliphatic heterocycles. The Labute approximate surface area is 177 Å². The third kappa shape index (κ3) is 3.18. The average Bonchev–Trinajstić information content (AvgIpc) is 3.43. The zero-order valence-electron chi connectivity index (χ0n) is 16.8. The Morgan fingerprint density at radius 1 is 0.935 bits per heavy atom. The van der Waals surface area contributed by atoms with E-state index in [-0.39, 0.29) is 5.82 Å². The van der Waals surface area contributed by atoms with E-state index in [1.54, 1.807) is 18.3 Å². The first-order valence-electron chi connectivity index (χ1n) is 10.5. The molecule has 6 rings (SSSR count). The van der Waals surface area contributed by atoms with Crippen molar-refractivity contribution in [2.75, 3.05) is 13.1 Å². The first-order chi connectivity index (χ1) is 15.3. The molecular weight excluding hydrogens is 391 g/mol. The summed E-state index contributed by atoms with van der Waals surface area (Å²) >= 11 is 0. The SMILES string of the molecule is Fc1ccc(-c2ccnc3[nH]c(-c4[nH]nc5ncc(C6CCNCC6)cc45)cc23)cc1. The van der Waals surface area contributed by atoms with Crippen LogP contribution in [0, 0.1) is 5.82 Å². The number of aromatic nitrogens is 5. The Morgan fingerprint density at radius 2 is 1.77 bits per heavy atom. The van der Waals surface area contributed by atoms with E-state index in [9.17, 15) is 4.39 Å². The number of hydrogen-bond acceptors (Lipinski definition) is 4. The van der Waals surface area contributed by atoms with Gasteiger partial charge in [-0.25, -0.2) is 14.4 Å². The van der Waals surface area contributed by atoms with Gasteiger partial charge in [0.2, 0.25) is 0 Å². The van der Waals surface area contributed by atoms with Crippen LogP contribution in [0.25, 0.3) is 44.6 Å². The molecule has 1 aliphatic rings. The predicted octanol–water partition coefficient (Wildman–Crippen LogP) is 4.77. The monoisotopic (exact) mass is 412 g/mol. The largest absolute Gasteiger partial charge is 0.338 e. The zero-order valence-corrected chi connectivity index (χ0v) is 16.8. The highest BCUT2D eigenvalue weighted by molar-refractivity contribution is 5.99. The van der Waals surface area contributed by atoms with Gasteiger partial charge in [0.05, 0.1) is 11.4 Å². The Morgan fingerprint density at radius 3 is 2.61 bits per heavy atom. The highest BCUT2D eigenvalue weighted by Crippen LogP contribution is 2.34. The van der Waals surface area contributed by atoms with E-state index < -0.39 is 0 Å². The van der Waals surface area contributed by atoms with Gasteiger partial charge in [-0.15, -0.1) is 0 Å². The van der Waals surface area contributed by atoms with Crippen molar-refractivity contribution in [2.24, 2.45) is 0 Å². The van der Waals surface area contributed by atoms with Crippen LogP contribution in [0.5, 0.6) is 0 Å². The number of rotatable bonds is 3. The van der Waals surface area contributed by atoms with Crippen LogP contribution >= 0.6 is 0 Å². The smallest absolute Gasteiger partial charge is 0.181 e. The topological polar surface area (TPSA) is 82.3 Å². The van der Waals surface area contributed by atoms with E-state index in [0.29, 0.717) is 11.6 Å². The first kappa shape index (κ1) is 18.2. The molecule has 31 heavy (non-hydrogen) atoms. The van der Waals surface area contributed by atoms with E-state index in [2.05, 4.69) is 42.6 Å². The fraction of sp³-hybridized carbons (Fsp3) is 0.208. The summed E-state index contributed by atoms with van der Waals surface area (Å²) in [5.74, 6) is 0.278. The third-order valence-electron chi connectivity index (χ3n) is 6.20. The summed E-state index contributed by atoms with van der Waals surface area (Å²) in [4.78, 5) is 12.5. The normalized spacial score (nSPS) is 15.1. The first-order valence-corrected chi connectivity index (χ1v) is 10.5. The van der Waals surface area contributed by atoms with Crippen molar-refractivity contribution in [3.8, 4) is 22.5 Å². The summed E-state index contributed by atoms with van der Waals surface area (Å²) in [7, 11) is 0. The molecule has 1 saturated heterocycles. The maximum atomic E-state index is 13.4. The Bertz CT molecular complexity index is 1380. The van der Waals surface area contributed by atoms with Gasteiger partial charge in [-0.05, 0) is 78.9 Å². The number of piperidine rings is 1. The van der Waals surface area contributed by atoms with Gasteiger partial charge in [-0.1, -0.05) is 12.1 Å². The van der Waals surface area contributed by atoms with Crippen molar-refractivity contribution in [3.63, 3.8) is 0 Å². The lowest BCUT2D eigenvalue weighted by Crippen LogP contribution is -2.26. The number of pyridine rings is 2. The standard InChI is InChI=1S/C24H21FN6/c25-17-3-1-15(2-4-17)18-7-10-27-23-19(18)12-21(29-23)22-20-11-16(13-28-24(20)31-30-22)14-5-8-26-9-6-14/h1-4,7,10-14,26H,5-6,8-9H2,(H,27,29)(H,28,30,31). The molecule has 154 valence electrons. The lowest BCUT2D eigenvalue weighted by Gasteiger charge is -2.22. The Hall–Kier alpha value is -3.58. The summed E-state index contributed by atoms with van der Waals surface area (Å²) in [6, 6.07) is 12.8. The van der Waals surface area contributed by atoms with E-state index >= 15 is 0 Å². The van der Waals surface area contributed by atoms with Crippen LogP contribution in [0.1, 0.15) is 24.3 Å². The highest BCUT2D eigenvalue weighted by atomic mass is 19.1. The number of nitrogens with zero attached hydrogens (tertiary/aromatic N) is 3. The number of H-pyrrole nitrogens is 2. The molecule has 0 aliphatic carbocycles. The molecule has 0 spiro atoms. The maximum absolute atomic E-state index is 13.4. The lowest BCUT2D eigenvalue weighted by molar-refractivity contribution is 0.460. The van der Waals surface area contributed by atoms with E-state index in [0.717, 1.165) is 64.9 Å². The fourth-order valence-electron chi connectivity index (χ4n) is 4.54. The van der Waals surface area contributed by atoms with Crippen molar-refractivity contribution < 1.29 is 4.39 Å². The molecule has 0 saturated carbocycles. The van der Waals surface area contributed by atoms with Crippen molar-refractivity contribution in [2.45, 2.75) is 18.8 Å². The van der Waals surface area contributed by atoms with E-state index in [1.165, 1.54) is 17.7 Å². The number of aromatic amines is 2. The second kappa shape index (κ2) is 7.28. The van der Waals surface area contributed by atoms with Crippen LogP contribution in [0.15, 0.2) is 54.9 Å². The minimum atomic E-state index is -0.246. The van der Waals surface area contributed by atoms with Crippen molar-refractivity contribution in [3.05, 3.63) is 66.2 Å². The molecule has 1 aromatic carbocycles. The number of benzene rings is 1. The van der Waals surface area contributed by atoms with Gasteiger partial charge in [0.15, 0.2) is 5.65 Å². The van der Waals surface area contributed by atoms with E-state index in [4.69, 9.17) is 0 Å². The second-order valence-corrected chi connectivity index (χ2v) is 8.07. The molecule has 6 nitrogen and oxygen atoms in total. The molecule has 7 heteroatoms. The Balaban J connectivity index is 1.46. The number of hydrogen-bond donors (Lipinski definition) is 3. The summed E-state index contributed by atoms with van der Waals surface area (Å²) in [6.07, 6.45) is 5.97. The van der Waals surface area contributed by atoms with Crippen LogP contribution in [0.3, 0.4) is 0 Å². The lowest BCUT2D eigenvalue weighted by atomic mass is 9.91.